The standard InChI is InChI=1S/C7H12N2O3/c1-2-5(4-10)9-6(11)3-8-7(9)12/h5,10H,2-4H2,1H3,(H,8,12)/t5-/m1/s1. The van der Waals surface area contributed by atoms with Crippen LogP contribution in [-0.2, 0) is 4.79 Å². The summed E-state index contributed by atoms with van der Waals surface area (Å²) >= 11 is 0. The third-order valence-electron chi connectivity index (χ3n) is 1.93. The van der Waals surface area contributed by atoms with Crippen LogP contribution in [0.15, 0.2) is 0 Å². The van der Waals surface area contributed by atoms with Crippen LogP contribution in [-0.4, -0.2) is 41.1 Å². The Morgan fingerprint density at radius 3 is 2.67 bits per heavy atom. The molecule has 1 heterocycles. The van der Waals surface area contributed by atoms with Crippen LogP contribution in [0.25, 0.3) is 0 Å². The lowest BCUT2D eigenvalue weighted by molar-refractivity contribution is -0.127. The normalized spacial score (nSPS) is 19.7. The van der Waals surface area contributed by atoms with Gasteiger partial charge in [0.2, 0.25) is 5.91 Å². The molecule has 5 heteroatoms. The number of nitrogens with one attached hydrogen (secondary N) is 1. The Balaban J connectivity index is 2.70. The number of aliphatic hydroxyl groups excluding tert-OH is 1. The summed E-state index contributed by atoms with van der Waals surface area (Å²) < 4.78 is 0. The number of nitrogens with zero attached hydrogens (tertiary/aromatic N) is 1. The predicted octanol–water partition coefficient (Wildman–Crippen LogP) is -0.691. The summed E-state index contributed by atoms with van der Waals surface area (Å²) in [4.78, 5) is 23.2. The first kappa shape index (κ1) is 8.99. The van der Waals surface area contributed by atoms with Crippen molar-refractivity contribution in [1.82, 2.24) is 10.2 Å². The first-order valence-electron chi connectivity index (χ1n) is 3.91. The van der Waals surface area contributed by atoms with Crippen molar-refractivity contribution in [3.8, 4) is 0 Å². The lowest BCUT2D eigenvalue weighted by Gasteiger charge is -2.21. The van der Waals surface area contributed by atoms with Crippen molar-refractivity contribution in [2.24, 2.45) is 0 Å². The summed E-state index contributed by atoms with van der Waals surface area (Å²) in [6.07, 6.45) is 0.579. The largest absolute Gasteiger partial charge is 0.394 e. The van der Waals surface area contributed by atoms with Gasteiger partial charge in [0.05, 0.1) is 19.2 Å². The third kappa shape index (κ3) is 1.40. The quantitative estimate of drug-likeness (QED) is 0.553. The van der Waals surface area contributed by atoms with Crippen LogP contribution in [0, 0.1) is 0 Å². The maximum absolute atomic E-state index is 11.1. The van der Waals surface area contributed by atoms with Gasteiger partial charge in [-0.05, 0) is 6.42 Å². The first-order chi connectivity index (χ1) is 5.70. The smallest absolute Gasteiger partial charge is 0.324 e. The van der Waals surface area contributed by atoms with Gasteiger partial charge in [0.15, 0.2) is 0 Å². The minimum absolute atomic E-state index is 0.0509. The van der Waals surface area contributed by atoms with Crippen LogP contribution in [0.1, 0.15) is 13.3 Å². The van der Waals surface area contributed by atoms with Crippen molar-refractivity contribution in [3.63, 3.8) is 0 Å². The van der Waals surface area contributed by atoms with E-state index >= 15 is 0 Å². The molecule has 3 amide bonds. The highest BCUT2D eigenvalue weighted by molar-refractivity contribution is 6.02. The van der Waals surface area contributed by atoms with E-state index in [0.29, 0.717) is 6.42 Å². The fourth-order valence-corrected chi connectivity index (χ4v) is 1.20. The van der Waals surface area contributed by atoms with E-state index in [2.05, 4.69) is 5.32 Å². The summed E-state index contributed by atoms with van der Waals surface area (Å²) in [6, 6.07) is -0.777. The van der Waals surface area contributed by atoms with E-state index in [1.165, 1.54) is 0 Å². The molecule has 0 spiro atoms. The number of hydrogen-bond donors (Lipinski definition) is 2. The topological polar surface area (TPSA) is 69.6 Å². The molecule has 1 aliphatic rings. The highest BCUT2D eigenvalue weighted by Gasteiger charge is 2.33. The summed E-state index contributed by atoms with van der Waals surface area (Å²) in [7, 11) is 0. The Morgan fingerprint density at radius 2 is 2.33 bits per heavy atom. The van der Waals surface area contributed by atoms with E-state index in [4.69, 9.17) is 5.11 Å². The number of carbonyl (C=O) groups is 2. The molecule has 12 heavy (non-hydrogen) atoms. The number of amides is 3. The number of carbonyl (C=O) groups excluding carboxylic acids is 2. The maximum Gasteiger partial charge on any atom is 0.324 e. The van der Waals surface area contributed by atoms with Crippen LogP contribution in [0.5, 0.6) is 0 Å². The van der Waals surface area contributed by atoms with Gasteiger partial charge in [-0.2, -0.15) is 0 Å². The van der Waals surface area contributed by atoms with Crippen molar-refractivity contribution in [2.75, 3.05) is 13.2 Å². The number of aliphatic hydroxyl groups is 1. The molecule has 0 bridgehead atoms. The Hall–Kier alpha value is -1.10. The van der Waals surface area contributed by atoms with Gasteiger partial charge in [0, 0.05) is 0 Å². The monoisotopic (exact) mass is 172 g/mol. The lowest BCUT2D eigenvalue weighted by Crippen LogP contribution is -2.42. The van der Waals surface area contributed by atoms with Gasteiger partial charge in [-0.3, -0.25) is 9.69 Å². The molecule has 1 atom stereocenters. The van der Waals surface area contributed by atoms with Crippen LogP contribution >= 0.6 is 0 Å². The SMILES string of the molecule is CC[C@H](CO)N1C(=O)CNC1=O. The van der Waals surface area contributed by atoms with Gasteiger partial charge in [-0.15, -0.1) is 0 Å². The fourth-order valence-electron chi connectivity index (χ4n) is 1.20. The third-order valence-corrected chi connectivity index (χ3v) is 1.93. The van der Waals surface area contributed by atoms with E-state index in [0.717, 1.165) is 4.90 Å². The van der Waals surface area contributed by atoms with Gasteiger partial charge in [-0.1, -0.05) is 6.92 Å². The van der Waals surface area contributed by atoms with E-state index < -0.39 is 6.03 Å². The fraction of sp³-hybridized carbons (Fsp3) is 0.714. The van der Waals surface area contributed by atoms with Crippen molar-refractivity contribution in [1.29, 1.82) is 0 Å². The number of hydrogen-bond acceptors (Lipinski definition) is 3. The van der Waals surface area contributed by atoms with E-state index in [1.807, 2.05) is 6.92 Å². The average molecular weight is 172 g/mol. The highest BCUT2D eigenvalue weighted by Crippen LogP contribution is 2.08. The van der Waals surface area contributed by atoms with Crippen molar-refractivity contribution in [2.45, 2.75) is 19.4 Å². The zero-order valence-electron chi connectivity index (χ0n) is 6.91. The minimum Gasteiger partial charge on any atom is -0.394 e. The molecule has 0 aliphatic carbocycles. The summed E-state index contributed by atoms with van der Waals surface area (Å²) in [5.41, 5.74) is 0. The molecule has 0 aromatic carbocycles. The highest BCUT2D eigenvalue weighted by atomic mass is 16.3. The minimum atomic E-state index is -0.402. The van der Waals surface area contributed by atoms with E-state index in [-0.39, 0.29) is 25.1 Å². The zero-order chi connectivity index (χ0) is 9.14. The Kier molecular flexibility index (Phi) is 2.65. The molecular weight excluding hydrogens is 160 g/mol. The Bertz CT molecular complexity index is 185. The molecule has 2 N–H and O–H groups in total. The maximum atomic E-state index is 11.1. The molecule has 1 saturated heterocycles. The molecule has 1 fully saturated rings. The van der Waals surface area contributed by atoms with Crippen LogP contribution < -0.4 is 5.32 Å². The van der Waals surface area contributed by atoms with Crippen molar-refractivity contribution in [3.05, 3.63) is 0 Å². The Morgan fingerprint density at radius 1 is 1.67 bits per heavy atom. The summed E-state index contributed by atoms with van der Waals surface area (Å²) in [5, 5.41) is 11.2. The lowest BCUT2D eigenvalue weighted by atomic mass is 10.2. The van der Waals surface area contributed by atoms with Gasteiger partial charge in [0.25, 0.3) is 0 Å². The van der Waals surface area contributed by atoms with E-state index in [9.17, 15) is 9.59 Å². The van der Waals surface area contributed by atoms with Crippen LogP contribution in [0.4, 0.5) is 4.79 Å². The van der Waals surface area contributed by atoms with E-state index in [1.54, 1.807) is 0 Å². The molecular formula is C7H12N2O3. The first-order valence-corrected chi connectivity index (χ1v) is 3.91. The second-order valence-electron chi connectivity index (χ2n) is 2.67. The van der Waals surface area contributed by atoms with Crippen LogP contribution in [0.3, 0.4) is 0 Å². The number of urea groups is 1. The number of rotatable bonds is 3. The molecule has 0 aromatic heterocycles. The second kappa shape index (κ2) is 3.53. The van der Waals surface area contributed by atoms with Gasteiger partial charge in [-0.25, -0.2) is 4.79 Å². The predicted molar refractivity (Wildman–Crippen MR) is 41.4 cm³/mol. The molecule has 0 aromatic rings. The van der Waals surface area contributed by atoms with Crippen molar-refractivity contribution < 1.29 is 14.7 Å². The Labute approximate surface area is 70.4 Å². The summed E-state index contributed by atoms with van der Waals surface area (Å²) in [5.74, 6) is -0.263. The zero-order valence-corrected chi connectivity index (χ0v) is 6.91. The molecule has 1 rings (SSSR count). The van der Waals surface area contributed by atoms with Gasteiger partial charge >= 0.3 is 6.03 Å². The molecule has 0 radical (unpaired) electrons. The number of imide groups is 1. The second-order valence-corrected chi connectivity index (χ2v) is 2.67. The molecule has 68 valence electrons. The van der Waals surface area contributed by atoms with Crippen LogP contribution in [0.2, 0.25) is 0 Å². The molecule has 0 saturated carbocycles. The molecule has 1 aliphatic heterocycles. The average Bonchev–Trinajstić information content (AvgIpc) is 2.38. The van der Waals surface area contributed by atoms with Gasteiger partial charge < -0.3 is 10.4 Å². The summed E-state index contributed by atoms with van der Waals surface area (Å²) in [6.45, 7) is 1.70. The van der Waals surface area contributed by atoms with Gasteiger partial charge in [0.1, 0.15) is 0 Å². The molecule has 0 unspecified atom stereocenters. The molecule has 5 nitrogen and oxygen atoms in total. The van der Waals surface area contributed by atoms with Crippen molar-refractivity contribution >= 4 is 11.9 Å².